The summed E-state index contributed by atoms with van der Waals surface area (Å²) in [5.74, 6) is 0.680. The van der Waals surface area contributed by atoms with Gasteiger partial charge in [0, 0.05) is 24.2 Å². The van der Waals surface area contributed by atoms with Gasteiger partial charge < -0.3 is 4.90 Å². The van der Waals surface area contributed by atoms with Gasteiger partial charge in [0.2, 0.25) is 5.91 Å². The Kier molecular flexibility index (Phi) is 5.25. The number of likely N-dealkylation sites (tertiary alicyclic amines) is 1. The molecule has 0 saturated carbocycles. The third-order valence-corrected chi connectivity index (χ3v) is 4.28. The van der Waals surface area contributed by atoms with Crippen LogP contribution in [0.3, 0.4) is 0 Å². The molecule has 126 valence electrons. The second-order valence-electron chi connectivity index (χ2n) is 5.93. The number of hydrogen-bond acceptors (Lipinski definition) is 4. The number of aryl methyl sites for hydroxylation is 1. The van der Waals surface area contributed by atoms with Crippen molar-refractivity contribution in [3.05, 3.63) is 46.2 Å². The molecule has 2 heterocycles. The van der Waals surface area contributed by atoms with Crippen LogP contribution < -0.4 is 0 Å². The number of aromatic nitrogens is 4. The first kappa shape index (κ1) is 16.6. The molecule has 6 nitrogen and oxygen atoms in total. The van der Waals surface area contributed by atoms with E-state index >= 15 is 0 Å². The second-order valence-corrected chi connectivity index (χ2v) is 6.37. The Morgan fingerprint density at radius 3 is 2.79 bits per heavy atom. The largest absolute Gasteiger partial charge is 0.339 e. The van der Waals surface area contributed by atoms with E-state index in [2.05, 4.69) is 15.4 Å². The van der Waals surface area contributed by atoms with Gasteiger partial charge in [-0.05, 0) is 60.7 Å². The number of rotatable bonds is 4. The van der Waals surface area contributed by atoms with Crippen molar-refractivity contribution in [3.63, 3.8) is 0 Å². The van der Waals surface area contributed by atoms with Gasteiger partial charge in [0.1, 0.15) is 0 Å². The van der Waals surface area contributed by atoms with E-state index in [-0.39, 0.29) is 5.91 Å². The zero-order chi connectivity index (χ0) is 16.9. The number of carbonyl (C=O) groups excluding carboxylic acids is 1. The second kappa shape index (κ2) is 7.57. The lowest BCUT2D eigenvalue weighted by molar-refractivity contribution is -0.126. The van der Waals surface area contributed by atoms with Crippen LogP contribution in [-0.2, 0) is 11.3 Å². The Hall–Kier alpha value is -2.21. The average Bonchev–Trinajstić information content (AvgIpc) is 2.99. The standard InChI is InChI=1S/C17H20ClN5O/c1-13-19-21-23(20-13)12-15-11-16(18)7-5-14(15)6-8-17(24)22-9-3-2-4-10-22/h5-8,11H,2-4,9-10,12H2,1H3/b8-6+. The number of benzene rings is 1. The molecule has 0 aliphatic carbocycles. The maximum atomic E-state index is 12.3. The van der Waals surface area contributed by atoms with Crippen LogP contribution in [0.1, 0.15) is 36.2 Å². The first-order valence-corrected chi connectivity index (χ1v) is 8.49. The fourth-order valence-electron chi connectivity index (χ4n) is 2.80. The number of nitrogens with zero attached hydrogens (tertiary/aromatic N) is 5. The summed E-state index contributed by atoms with van der Waals surface area (Å²) >= 11 is 6.11. The van der Waals surface area contributed by atoms with Crippen LogP contribution >= 0.6 is 11.6 Å². The van der Waals surface area contributed by atoms with Gasteiger partial charge in [-0.2, -0.15) is 4.80 Å². The van der Waals surface area contributed by atoms with Crippen molar-refractivity contribution in [1.29, 1.82) is 0 Å². The van der Waals surface area contributed by atoms with E-state index < -0.39 is 0 Å². The normalized spacial score (nSPS) is 15.2. The lowest BCUT2D eigenvalue weighted by atomic mass is 10.1. The highest BCUT2D eigenvalue weighted by Crippen LogP contribution is 2.19. The third-order valence-electron chi connectivity index (χ3n) is 4.04. The van der Waals surface area contributed by atoms with Crippen LogP contribution in [-0.4, -0.2) is 44.1 Å². The summed E-state index contributed by atoms with van der Waals surface area (Å²) in [6.07, 6.45) is 6.86. The van der Waals surface area contributed by atoms with Gasteiger partial charge in [-0.25, -0.2) is 0 Å². The number of carbonyl (C=O) groups is 1. The minimum absolute atomic E-state index is 0.0605. The molecule has 1 aliphatic heterocycles. The van der Waals surface area contributed by atoms with Crippen LogP contribution in [0.5, 0.6) is 0 Å². The van der Waals surface area contributed by atoms with Crippen molar-refractivity contribution in [2.75, 3.05) is 13.1 Å². The molecule has 3 rings (SSSR count). The number of tetrazole rings is 1. The topological polar surface area (TPSA) is 63.9 Å². The van der Waals surface area contributed by atoms with Gasteiger partial charge in [-0.1, -0.05) is 17.7 Å². The monoisotopic (exact) mass is 345 g/mol. The first-order chi connectivity index (χ1) is 11.6. The van der Waals surface area contributed by atoms with Crippen LogP contribution in [0, 0.1) is 6.92 Å². The number of halogens is 1. The molecule has 7 heteroatoms. The minimum Gasteiger partial charge on any atom is -0.339 e. The molecule has 1 aromatic heterocycles. The summed E-state index contributed by atoms with van der Waals surface area (Å²) in [7, 11) is 0. The lowest BCUT2D eigenvalue weighted by Gasteiger charge is -2.25. The highest BCUT2D eigenvalue weighted by Gasteiger charge is 2.14. The smallest absolute Gasteiger partial charge is 0.246 e. The Labute approximate surface area is 146 Å². The molecule has 1 amide bonds. The fraction of sp³-hybridized carbons (Fsp3) is 0.412. The van der Waals surface area contributed by atoms with Crippen LogP contribution in [0.25, 0.3) is 6.08 Å². The predicted octanol–water partition coefficient (Wildman–Crippen LogP) is 2.71. The van der Waals surface area contributed by atoms with E-state index in [1.807, 2.05) is 29.2 Å². The molecule has 0 spiro atoms. The van der Waals surface area contributed by atoms with Gasteiger partial charge in [-0.3, -0.25) is 4.79 Å². The van der Waals surface area contributed by atoms with E-state index in [1.165, 1.54) is 11.2 Å². The Morgan fingerprint density at radius 1 is 1.29 bits per heavy atom. The van der Waals surface area contributed by atoms with E-state index in [9.17, 15) is 4.79 Å². The molecule has 0 atom stereocenters. The highest BCUT2D eigenvalue weighted by molar-refractivity contribution is 6.30. The quantitative estimate of drug-likeness (QED) is 0.799. The van der Waals surface area contributed by atoms with Gasteiger partial charge in [0.05, 0.1) is 6.54 Å². The SMILES string of the molecule is Cc1nnn(Cc2cc(Cl)ccc2/C=C/C(=O)N2CCCCC2)n1. The molecule has 2 aromatic rings. The van der Waals surface area contributed by atoms with Crippen LogP contribution in [0.2, 0.25) is 5.02 Å². The summed E-state index contributed by atoms with van der Waals surface area (Å²) in [6.45, 7) is 3.94. The molecular weight excluding hydrogens is 326 g/mol. The van der Waals surface area contributed by atoms with Crippen molar-refractivity contribution in [2.24, 2.45) is 0 Å². The number of hydrogen-bond donors (Lipinski definition) is 0. The maximum absolute atomic E-state index is 12.3. The molecule has 24 heavy (non-hydrogen) atoms. The molecule has 0 bridgehead atoms. The van der Waals surface area contributed by atoms with E-state index in [4.69, 9.17) is 11.6 Å². The zero-order valence-electron chi connectivity index (χ0n) is 13.7. The van der Waals surface area contributed by atoms with Crippen LogP contribution in [0.15, 0.2) is 24.3 Å². The molecule has 1 saturated heterocycles. The van der Waals surface area contributed by atoms with Gasteiger partial charge >= 0.3 is 0 Å². The summed E-state index contributed by atoms with van der Waals surface area (Å²) < 4.78 is 0. The van der Waals surface area contributed by atoms with E-state index in [0.717, 1.165) is 37.1 Å². The number of amides is 1. The Morgan fingerprint density at radius 2 is 2.08 bits per heavy atom. The summed E-state index contributed by atoms with van der Waals surface area (Å²) in [6, 6.07) is 5.59. The van der Waals surface area contributed by atoms with E-state index in [1.54, 1.807) is 13.0 Å². The molecule has 1 fully saturated rings. The summed E-state index contributed by atoms with van der Waals surface area (Å²) in [5.41, 5.74) is 1.88. The third kappa shape index (κ3) is 4.20. The molecule has 1 aliphatic rings. The Balaban J connectivity index is 1.76. The molecule has 0 radical (unpaired) electrons. The minimum atomic E-state index is 0.0605. The molecule has 1 aromatic carbocycles. The van der Waals surface area contributed by atoms with Crippen molar-refractivity contribution >= 4 is 23.6 Å². The van der Waals surface area contributed by atoms with Gasteiger partial charge in [0.25, 0.3) is 0 Å². The maximum Gasteiger partial charge on any atom is 0.246 e. The fourth-order valence-corrected chi connectivity index (χ4v) is 2.99. The number of piperidine rings is 1. The van der Waals surface area contributed by atoms with Crippen molar-refractivity contribution < 1.29 is 4.79 Å². The predicted molar refractivity (Wildman–Crippen MR) is 92.6 cm³/mol. The molecule has 0 unspecified atom stereocenters. The van der Waals surface area contributed by atoms with Crippen molar-refractivity contribution in [3.8, 4) is 0 Å². The molecule has 0 N–H and O–H groups in total. The summed E-state index contributed by atoms with van der Waals surface area (Å²) in [5, 5.41) is 12.7. The van der Waals surface area contributed by atoms with Crippen molar-refractivity contribution in [2.45, 2.75) is 32.7 Å². The summed E-state index contributed by atoms with van der Waals surface area (Å²) in [4.78, 5) is 15.7. The van der Waals surface area contributed by atoms with Gasteiger partial charge in [0.15, 0.2) is 5.82 Å². The molecular formula is C17H20ClN5O. The lowest BCUT2D eigenvalue weighted by Crippen LogP contribution is -2.34. The first-order valence-electron chi connectivity index (χ1n) is 8.11. The van der Waals surface area contributed by atoms with Crippen molar-refractivity contribution in [1.82, 2.24) is 25.1 Å². The van der Waals surface area contributed by atoms with E-state index in [0.29, 0.717) is 17.4 Å². The Bertz CT molecular complexity index is 749. The average molecular weight is 346 g/mol. The van der Waals surface area contributed by atoms with Crippen LogP contribution in [0.4, 0.5) is 0 Å². The zero-order valence-corrected chi connectivity index (χ0v) is 14.4. The van der Waals surface area contributed by atoms with Gasteiger partial charge in [-0.15, -0.1) is 10.2 Å². The highest BCUT2D eigenvalue weighted by atomic mass is 35.5.